The second kappa shape index (κ2) is 6.61. The quantitative estimate of drug-likeness (QED) is 0.494. The molecule has 138 valence electrons. The van der Waals surface area contributed by atoms with E-state index in [4.69, 9.17) is 0 Å². The molecule has 0 aromatic carbocycles. The molecule has 0 saturated heterocycles. The molecule has 27 heavy (non-hydrogen) atoms. The third-order valence-electron chi connectivity index (χ3n) is 3.54. The zero-order chi connectivity index (χ0) is 19.0. The molecule has 4 aromatic heterocycles. The van der Waals surface area contributed by atoms with Crippen molar-refractivity contribution >= 4 is 17.5 Å². The van der Waals surface area contributed by atoms with Gasteiger partial charge in [0.1, 0.15) is 17.9 Å². The van der Waals surface area contributed by atoms with Crippen molar-refractivity contribution in [2.24, 2.45) is 0 Å². The largest absolute Gasteiger partial charge is 0.406 e. The summed E-state index contributed by atoms with van der Waals surface area (Å²) in [6.07, 6.45) is -0.134. The minimum absolute atomic E-state index is 0.0848. The molecule has 4 rings (SSSR count). The van der Waals surface area contributed by atoms with Gasteiger partial charge in [-0.3, -0.25) is 9.55 Å². The molecule has 0 bridgehead atoms. The fourth-order valence-corrected chi connectivity index (χ4v) is 3.44. The molecular formula is C15H11F3N8S. The maximum Gasteiger partial charge on any atom is 0.406 e. The van der Waals surface area contributed by atoms with Crippen LogP contribution in [0.2, 0.25) is 0 Å². The SMILES string of the molecule is Cc1cc(Sc2nnc(-c3ccncc3)n2CC(F)(F)F)n2ncnc2n1. The number of aryl methyl sites for hydroxylation is 1. The van der Waals surface area contributed by atoms with Crippen LogP contribution in [0.15, 0.2) is 47.1 Å². The molecule has 0 saturated carbocycles. The lowest BCUT2D eigenvalue weighted by molar-refractivity contribution is -0.141. The van der Waals surface area contributed by atoms with Crippen LogP contribution in [0, 0.1) is 6.92 Å². The van der Waals surface area contributed by atoms with Crippen LogP contribution in [0.3, 0.4) is 0 Å². The van der Waals surface area contributed by atoms with Gasteiger partial charge in [0.05, 0.1) is 0 Å². The third-order valence-corrected chi connectivity index (χ3v) is 4.52. The van der Waals surface area contributed by atoms with Crippen LogP contribution in [-0.2, 0) is 6.54 Å². The number of aromatic nitrogens is 8. The van der Waals surface area contributed by atoms with Gasteiger partial charge in [0, 0.05) is 23.7 Å². The Morgan fingerprint density at radius 3 is 2.67 bits per heavy atom. The Kier molecular flexibility index (Phi) is 4.26. The van der Waals surface area contributed by atoms with Gasteiger partial charge in [-0.2, -0.15) is 27.8 Å². The van der Waals surface area contributed by atoms with E-state index < -0.39 is 12.7 Å². The smallest absolute Gasteiger partial charge is 0.293 e. The van der Waals surface area contributed by atoms with E-state index in [-0.39, 0.29) is 11.0 Å². The summed E-state index contributed by atoms with van der Waals surface area (Å²) in [7, 11) is 0. The van der Waals surface area contributed by atoms with Gasteiger partial charge < -0.3 is 0 Å². The van der Waals surface area contributed by atoms with E-state index in [0.29, 0.717) is 22.1 Å². The van der Waals surface area contributed by atoms with Gasteiger partial charge in [0.2, 0.25) is 0 Å². The Morgan fingerprint density at radius 2 is 1.93 bits per heavy atom. The van der Waals surface area contributed by atoms with E-state index in [1.54, 1.807) is 25.1 Å². The van der Waals surface area contributed by atoms with Crippen molar-refractivity contribution < 1.29 is 13.2 Å². The first-order valence-electron chi connectivity index (χ1n) is 7.66. The molecule has 0 spiro atoms. The molecule has 0 aliphatic carbocycles. The number of hydrogen-bond donors (Lipinski definition) is 0. The van der Waals surface area contributed by atoms with E-state index in [9.17, 15) is 13.2 Å². The van der Waals surface area contributed by atoms with E-state index >= 15 is 0 Å². The first-order valence-corrected chi connectivity index (χ1v) is 8.48. The molecule has 0 N–H and O–H groups in total. The predicted molar refractivity (Wildman–Crippen MR) is 89.0 cm³/mol. The van der Waals surface area contributed by atoms with Crippen molar-refractivity contribution in [1.29, 1.82) is 0 Å². The first-order chi connectivity index (χ1) is 12.9. The van der Waals surface area contributed by atoms with Gasteiger partial charge in [0.15, 0.2) is 11.0 Å². The monoisotopic (exact) mass is 392 g/mol. The van der Waals surface area contributed by atoms with E-state index in [0.717, 1.165) is 16.3 Å². The number of alkyl halides is 3. The average molecular weight is 392 g/mol. The summed E-state index contributed by atoms with van der Waals surface area (Å²) in [5.74, 6) is 0.464. The lowest BCUT2D eigenvalue weighted by atomic mass is 10.2. The molecule has 12 heteroatoms. The Labute approximate surface area is 154 Å². The Bertz CT molecular complexity index is 1090. The molecule has 8 nitrogen and oxygen atoms in total. The minimum atomic E-state index is -4.43. The van der Waals surface area contributed by atoms with Gasteiger partial charge in [-0.05, 0) is 36.9 Å². The molecule has 0 amide bonds. The van der Waals surface area contributed by atoms with Crippen molar-refractivity contribution in [3.05, 3.63) is 42.6 Å². The number of hydrogen-bond acceptors (Lipinski definition) is 7. The summed E-state index contributed by atoms with van der Waals surface area (Å²) in [6, 6.07) is 4.86. The predicted octanol–water partition coefficient (Wildman–Crippen LogP) is 2.80. The van der Waals surface area contributed by atoms with Crippen LogP contribution < -0.4 is 0 Å². The molecule has 4 aromatic rings. The zero-order valence-corrected chi connectivity index (χ0v) is 14.6. The summed E-state index contributed by atoms with van der Waals surface area (Å²) < 4.78 is 42.0. The highest BCUT2D eigenvalue weighted by Crippen LogP contribution is 2.32. The number of rotatable bonds is 4. The standard InChI is InChI=1S/C15H11F3N8S/c1-9-6-11(26-13(22-9)20-8-21-26)27-14-24-23-12(10-2-4-19-5-3-10)25(14)7-15(16,17)18/h2-6,8H,7H2,1H3. The van der Waals surface area contributed by atoms with Crippen molar-refractivity contribution in [2.75, 3.05) is 0 Å². The van der Waals surface area contributed by atoms with E-state index in [2.05, 4.69) is 30.2 Å². The summed E-state index contributed by atoms with van der Waals surface area (Å²) in [5.41, 5.74) is 1.15. The van der Waals surface area contributed by atoms with Crippen LogP contribution in [-0.4, -0.2) is 45.5 Å². The Hall–Kier alpha value is -3.02. The molecule has 0 fully saturated rings. The van der Waals surface area contributed by atoms with Crippen LogP contribution in [0.25, 0.3) is 17.2 Å². The molecule has 4 heterocycles. The van der Waals surface area contributed by atoms with Gasteiger partial charge in [-0.25, -0.2) is 4.98 Å². The molecule has 0 aliphatic heterocycles. The van der Waals surface area contributed by atoms with Gasteiger partial charge in [-0.15, -0.1) is 10.2 Å². The van der Waals surface area contributed by atoms with Crippen molar-refractivity contribution in [3.8, 4) is 11.4 Å². The van der Waals surface area contributed by atoms with Gasteiger partial charge in [-0.1, -0.05) is 0 Å². The zero-order valence-electron chi connectivity index (χ0n) is 13.8. The fraction of sp³-hybridized carbons (Fsp3) is 0.200. The highest BCUT2D eigenvalue weighted by Gasteiger charge is 2.32. The summed E-state index contributed by atoms with van der Waals surface area (Å²) in [6.45, 7) is 0.548. The summed E-state index contributed by atoms with van der Waals surface area (Å²) >= 11 is 1.01. The molecule has 0 aliphatic rings. The normalized spacial score (nSPS) is 12.0. The Morgan fingerprint density at radius 1 is 1.15 bits per heavy atom. The van der Waals surface area contributed by atoms with Crippen LogP contribution in [0.1, 0.15) is 5.69 Å². The van der Waals surface area contributed by atoms with E-state index in [1.165, 1.54) is 23.2 Å². The summed E-state index contributed by atoms with van der Waals surface area (Å²) in [5, 5.41) is 12.6. The molecule has 0 unspecified atom stereocenters. The molecule has 0 atom stereocenters. The average Bonchev–Trinajstić information content (AvgIpc) is 3.22. The van der Waals surface area contributed by atoms with Crippen molar-refractivity contribution in [1.82, 2.24) is 39.3 Å². The maximum atomic E-state index is 13.2. The Balaban J connectivity index is 1.80. The third kappa shape index (κ3) is 3.60. The lowest BCUT2D eigenvalue weighted by Crippen LogP contribution is -2.19. The number of pyridine rings is 1. The maximum absolute atomic E-state index is 13.2. The highest BCUT2D eigenvalue weighted by molar-refractivity contribution is 7.99. The van der Waals surface area contributed by atoms with Crippen LogP contribution in [0.4, 0.5) is 13.2 Å². The molecular weight excluding hydrogens is 381 g/mol. The first kappa shape index (κ1) is 17.4. The topological polar surface area (TPSA) is 86.7 Å². The van der Waals surface area contributed by atoms with Crippen molar-refractivity contribution in [3.63, 3.8) is 0 Å². The number of fused-ring (bicyclic) bond motifs is 1. The highest BCUT2D eigenvalue weighted by atomic mass is 32.2. The number of halogens is 3. The second-order valence-electron chi connectivity index (χ2n) is 5.55. The second-order valence-corrected chi connectivity index (χ2v) is 6.54. The van der Waals surface area contributed by atoms with Gasteiger partial charge in [0.25, 0.3) is 5.78 Å². The van der Waals surface area contributed by atoms with Crippen molar-refractivity contribution in [2.45, 2.75) is 29.8 Å². The van der Waals surface area contributed by atoms with Gasteiger partial charge >= 0.3 is 6.18 Å². The minimum Gasteiger partial charge on any atom is -0.293 e. The van der Waals surface area contributed by atoms with Crippen LogP contribution >= 0.6 is 11.8 Å². The lowest BCUT2D eigenvalue weighted by Gasteiger charge is -2.12. The summed E-state index contributed by atoms with van der Waals surface area (Å²) in [4.78, 5) is 12.1. The van der Waals surface area contributed by atoms with Crippen LogP contribution in [0.5, 0.6) is 0 Å². The number of nitrogens with zero attached hydrogens (tertiary/aromatic N) is 8. The van der Waals surface area contributed by atoms with E-state index in [1.807, 2.05) is 0 Å². The molecule has 0 radical (unpaired) electrons. The fourth-order valence-electron chi connectivity index (χ4n) is 2.46.